The molecule has 0 saturated carbocycles. The van der Waals surface area contributed by atoms with Crippen molar-refractivity contribution in [2.75, 3.05) is 6.54 Å². The first kappa shape index (κ1) is 19.4. The molecule has 2 heterocycles. The standard InChI is InChI=1S/C21H15F3N4O2/c22-17-7-13(8-18(23)19(17)24)28-10-16(14-3-1-2-4-15(14)21(28)30)20(29)26-6-5-12-9-25-11-27-12/h1-4,7-11H,5-6H2,(H,25,27)(H,26,29). The highest BCUT2D eigenvalue weighted by molar-refractivity contribution is 6.06. The third kappa shape index (κ3) is 3.57. The first-order valence-electron chi connectivity index (χ1n) is 9.00. The summed E-state index contributed by atoms with van der Waals surface area (Å²) >= 11 is 0. The number of imidazole rings is 1. The third-order valence-corrected chi connectivity index (χ3v) is 4.65. The smallest absolute Gasteiger partial charge is 0.262 e. The number of H-pyrrole nitrogens is 1. The predicted molar refractivity (Wildman–Crippen MR) is 104 cm³/mol. The van der Waals surface area contributed by atoms with Crippen LogP contribution in [0.25, 0.3) is 16.5 Å². The van der Waals surface area contributed by atoms with Gasteiger partial charge in [-0.1, -0.05) is 18.2 Å². The van der Waals surface area contributed by atoms with E-state index in [9.17, 15) is 22.8 Å². The average Bonchev–Trinajstić information content (AvgIpc) is 3.25. The lowest BCUT2D eigenvalue weighted by molar-refractivity contribution is 0.0955. The van der Waals surface area contributed by atoms with Gasteiger partial charge in [0.05, 0.1) is 17.6 Å². The van der Waals surface area contributed by atoms with Crippen LogP contribution in [-0.2, 0) is 6.42 Å². The second-order valence-electron chi connectivity index (χ2n) is 6.57. The van der Waals surface area contributed by atoms with Crippen LogP contribution in [0.5, 0.6) is 0 Å². The van der Waals surface area contributed by atoms with E-state index in [4.69, 9.17) is 0 Å². The number of carbonyl (C=O) groups is 1. The number of aromatic amines is 1. The van der Waals surface area contributed by atoms with Crippen molar-refractivity contribution in [3.05, 3.63) is 94.2 Å². The zero-order valence-corrected chi connectivity index (χ0v) is 15.5. The molecule has 0 aliphatic carbocycles. The van der Waals surface area contributed by atoms with Gasteiger partial charge in [-0.15, -0.1) is 0 Å². The van der Waals surface area contributed by atoms with E-state index in [2.05, 4.69) is 15.3 Å². The molecule has 0 unspecified atom stereocenters. The molecule has 2 aromatic carbocycles. The fraction of sp³-hybridized carbons (Fsp3) is 0.0952. The van der Waals surface area contributed by atoms with E-state index in [0.717, 1.165) is 10.3 Å². The van der Waals surface area contributed by atoms with Gasteiger partial charge in [0, 0.05) is 54.0 Å². The Morgan fingerprint density at radius 1 is 1.10 bits per heavy atom. The molecule has 0 saturated heterocycles. The minimum Gasteiger partial charge on any atom is -0.352 e. The molecule has 6 nitrogen and oxygen atoms in total. The average molecular weight is 412 g/mol. The van der Waals surface area contributed by atoms with Gasteiger partial charge in [0.25, 0.3) is 11.5 Å². The SMILES string of the molecule is O=C(NCCc1cnc[nH]1)c1cn(-c2cc(F)c(F)c(F)c2)c(=O)c2ccccc12. The second kappa shape index (κ2) is 7.86. The zero-order chi connectivity index (χ0) is 21.3. The van der Waals surface area contributed by atoms with Crippen LogP contribution in [0.2, 0.25) is 0 Å². The van der Waals surface area contributed by atoms with Crippen LogP contribution in [0.15, 0.2) is 59.9 Å². The highest BCUT2D eigenvalue weighted by Gasteiger charge is 2.18. The number of nitrogens with zero attached hydrogens (tertiary/aromatic N) is 2. The summed E-state index contributed by atoms with van der Waals surface area (Å²) in [6.45, 7) is 0.300. The molecule has 1 amide bonds. The van der Waals surface area contributed by atoms with Crippen molar-refractivity contribution in [3.63, 3.8) is 0 Å². The number of fused-ring (bicyclic) bond motifs is 1. The molecule has 9 heteroatoms. The number of hydrogen-bond donors (Lipinski definition) is 2. The van der Waals surface area contributed by atoms with Crippen molar-refractivity contribution in [2.24, 2.45) is 0 Å². The molecule has 0 aliphatic rings. The van der Waals surface area contributed by atoms with Gasteiger partial charge in [0.1, 0.15) is 0 Å². The summed E-state index contributed by atoms with van der Waals surface area (Å²) in [6.07, 6.45) is 4.88. The number of halogens is 3. The molecule has 4 aromatic rings. The molecule has 2 N–H and O–H groups in total. The largest absolute Gasteiger partial charge is 0.352 e. The summed E-state index contributed by atoms with van der Waals surface area (Å²) in [5.74, 6) is -4.97. The molecule has 2 aromatic heterocycles. The number of amides is 1. The number of benzene rings is 2. The van der Waals surface area contributed by atoms with Crippen molar-refractivity contribution >= 4 is 16.7 Å². The first-order valence-corrected chi connectivity index (χ1v) is 9.00. The lowest BCUT2D eigenvalue weighted by Gasteiger charge is -2.13. The van der Waals surface area contributed by atoms with Crippen LogP contribution in [0, 0.1) is 17.5 Å². The topological polar surface area (TPSA) is 79.8 Å². The van der Waals surface area contributed by atoms with E-state index in [0.29, 0.717) is 30.5 Å². The zero-order valence-electron chi connectivity index (χ0n) is 15.5. The maximum atomic E-state index is 13.7. The molecule has 152 valence electrons. The quantitative estimate of drug-likeness (QED) is 0.495. The van der Waals surface area contributed by atoms with E-state index < -0.39 is 28.9 Å². The van der Waals surface area contributed by atoms with Crippen LogP contribution in [0.3, 0.4) is 0 Å². The lowest BCUT2D eigenvalue weighted by Crippen LogP contribution is -2.28. The van der Waals surface area contributed by atoms with Gasteiger partial charge >= 0.3 is 0 Å². The minimum absolute atomic E-state index is 0.139. The fourth-order valence-corrected chi connectivity index (χ4v) is 3.17. The second-order valence-corrected chi connectivity index (χ2v) is 6.57. The number of hydrogen-bond acceptors (Lipinski definition) is 3. The molecule has 30 heavy (non-hydrogen) atoms. The molecule has 0 bridgehead atoms. The number of nitrogens with one attached hydrogen (secondary N) is 2. The van der Waals surface area contributed by atoms with E-state index in [1.807, 2.05) is 0 Å². The van der Waals surface area contributed by atoms with Gasteiger partial charge in [0.2, 0.25) is 0 Å². The van der Waals surface area contributed by atoms with Gasteiger partial charge in [-0.2, -0.15) is 0 Å². The number of carbonyl (C=O) groups excluding carboxylic acids is 1. The minimum atomic E-state index is -1.63. The lowest BCUT2D eigenvalue weighted by atomic mass is 10.1. The van der Waals surface area contributed by atoms with Crippen molar-refractivity contribution in [3.8, 4) is 5.69 Å². The van der Waals surface area contributed by atoms with Crippen LogP contribution in [0.1, 0.15) is 16.1 Å². The summed E-state index contributed by atoms with van der Waals surface area (Å²) in [5.41, 5.74) is 0.154. The van der Waals surface area contributed by atoms with Crippen molar-refractivity contribution in [2.45, 2.75) is 6.42 Å². The van der Waals surface area contributed by atoms with Crippen LogP contribution in [0.4, 0.5) is 13.2 Å². The Morgan fingerprint density at radius 2 is 1.80 bits per heavy atom. The summed E-state index contributed by atoms with van der Waals surface area (Å²) in [6, 6.07) is 7.80. The summed E-state index contributed by atoms with van der Waals surface area (Å²) in [7, 11) is 0. The van der Waals surface area contributed by atoms with Gasteiger partial charge in [-0.3, -0.25) is 14.2 Å². The maximum Gasteiger partial charge on any atom is 0.262 e. The summed E-state index contributed by atoms with van der Waals surface area (Å²) in [4.78, 5) is 32.5. The molecule has 4 rings (SSSR count). The molecule has 0 fully saturated rings. The fourth-order valence-electron chi connectivity index (χ4n) is 3.17. The van der Waals surface area contributed by atoms with Gasteiger partial charge in [-0.25, -0.2) is 18.2 Å². The van der Waals surface area contributed by atoms with E-state index >= 15 is 0 Å². The van der Waals surface area contributed by atoms with Crippen molar-refractivity contribution in [1.29, 1.82) is 0 Å². The number of rotatable bonds is 5. The summed E-state index contributed by atoms with van der Waals surface area (Å²) < 4.78 is 41.7. The highest BCUT2D eigenvalue weighted by Crippen LogP contribution is 2.20. The Hall–Kier alpha value is -3.88. The monoisotopic (exact) mass is 412 g/mol. The first-order chi connectivity index (χ1) is 14.5. The van der Waals surface area contributed by atoms with Gasteiger partial charge < -0.3 is 10.3 Å². The molecule has 0 atom stereocenters. The molecule has 0 aliphatic heterocycles. The van der Waals surface area contributed by atoms with Gasteiger partial charge in [0.15, 0.2) is 17.5 Å². The molecule has 0 spiro atoms. The Morgan fingerprint density at radius 3 is 2.47 bits per heavy atom. The number of aromatic nitrogens is 3. The normalized spacial score (nSPS) is 11.0. The third-order valence-electron chi connectivity index (χ3n) is 4.65. The molecular formula is C21H15F3N4O2. The Kier molecular flexibility index (Phi) is 5.09. The highest BCUT2D eigenvalue weighted by atomic mass is 19.2. The van der Waals surface area contributed by atoms with E-state index in [-0.39, 0.29) is 16.6 Å². The van der Waals surface area contributed by atoms with Crippen molar-refractivity contribution in [1.82, 2.24) is 19.9 Å². The predicted octanol–water partition coefficient (Wildman–Crippen LogP) is 3.10. The Bertz CT molecular complexity index is 1280. The van der Waals surface area contributed by atoms with Crippen LogP contribution < -0.4 is 10.9 Å². The summed E-state index contributed by atoms with van der Waals surface area (Å²) in [5, 5.41) is 3.32. The Balaban J connectivity index is 1.77. The van der Waals surface area contributed by atoms with Crippen LogP contribution >= 0.6 is 0 Å². The van der Waals surface area contributed by atoms with E-state index in [1.165, 1.54) is 18.6 Å². The molecule has 0 radical (unpaired) electrons. The van der Waals surface area contributed by atoms with E-state index in [1.54, 1.807) is 24.4 Å². The van der Waals surface area contributed by atoms with Crippen molar-refractivity contribution < 1.29 is 18.0 Å². The van der Waals surface area contributed by atoms with Gasteiger partial charge in [-0.05, 0) is 6.07 Å². The maximum absolute atomic E-state index is 13.7. The van der Waals surface area contributed by atoms with Crippen LogP contribution in [-0.4, -0.2) is 27.0 Å². The number of pyridine rings is 1. The molecular weight excluding hydrogens is 397 g/mol. The Labute approximate surface area is 168 Å².